The smallest absolute Gasteiger partial charge is 0.194 e. The van der Waals surface area contributed by atoms with E-state index in [0.29, 0.717) is 13.1 Å². The first-order chi connectivity index (χ1) is 9.62. The Morgan fingerprint density at radius 3 is 3.05 bits per heavy atom. The van der Waals surface area contributed by atoms with E-state index in [4.69, 9.17) is 11.2 Å². The molecule has 5 nitrogen and oxygen atoms in total. The number of thiazole rings is 1. The van der Waals surface area contributed by atoms with E-state index in [9.17, 15) is 0 Å². The lowest BCUT2D eigenvalue weighted by molar-refractivity contribution is 0.119. The Kier molecular flexibility index (Phi) is 7.05. The summed E-state index contributed by atoms with van der Waals surface area (Å²) in [5.74, 6) is 3.31. The molecule has 0 aliphatic rings. The van der Waals surface area contributed by atoms with Gasteiger partial charge in [0.2, 0.25) is 0 Å². The molecule has 20 heavy (non-hydrogen) atoms. The highest BCUT2D eigenvalue weighted by molar-refractivity contribution is 7.09. The molecule has 0 saturated carbocycles. The number of methoxy groups -OCH3 is 1. The highest BCUT2D eigenvalue weighted by Crippen LogP contribution is 2.20. The van der Waals surface area contributed by atoms with Crippen LogP contribution in [0.4, 0.5) is 0 Å². The molecule has 1 aromatic heterocycles. The predicted molar refractivity (Wildman–Crippen MR) is 83.8 cm³/mol. The lowest BCUT2D eigenvalue weighted by Gasteiger charge is -2.20. The Bertz CT molecular complexity index is 478. The van der Waals surface area contributed by atoms with Crippen LogP contribution >= 0.6 is 11.3 Å². The summed E-state index contributed by atoms with van der Waals surface area (Å²) in [6.07, 6.45) is 5.28. The van der Waals surface area contributed by atoms with Gasteiger partial charge in [0.15, 0.2) is 5.96 Å². The van der Waals surface area contributed by atoms with Crippen LogP contribution in [-0.2, 0) is 11.3 Å². The lowest BCUT2D eigenvalue weighted by Crippen LogP contribution is -2.38. The van der Waals surface area contributed by atoms with Crippen LogP contribution in [0.5, 0.6) is 0 Å². The quantitative estimate of drug-likeness (QED) is 0.494. The van der Waals surface area contributed by atoms with Crippen molar-refractivity contribution in [1.82, 2.24) is 15.2 Å². The number of nitrogens with zero attached hydrogens (tertiary/aromatic N) is 3. The standard InChI is InChI=1S/C14H22N4OS/c1-6-8-16-14(15-7-2)18(4)9-12-10-20-13(17-12)11(3)19-5/h1,10-11H,7-9H2,2-5H3,(H,15,16). The van der Waals surface area contributed by atoms with Crippen LogP contribution in [0.1, 0.15) is 30.7 Å². The number of aromatic nitrogens is 1. The third-order valence-corrected chi connectivity index (χ3v) is 3.74. The minimum Gasteiger partial charge on any atom is -0.375 e. The number of nitrogens with one attached hydrogen (secondary N) is 1. The zero-order valence-electron chi connectivity index (χ0n) is 12.5. The average Bonchev–Trinajstić information content (AvgIpc) is 2.90. The number of hydrogen-bond acceptors (Lipinski definition) is 4. The fourth-order valence-corrected chi connectivity index (χ4v) is 2.43. The van der Waals surface area contributed by atoms with Crippen LogP contribution in [0.25, 0.3) is 0 Å². The van der Waals surface area contributed by atoms with Crippen molar-refractivity contribution in [2.24, 2.45) is 4.99 Å². The molecule has 0 bridgehead atoms. The maximum atomic E-state index is 5.27. The lowest BCUT2D eigenvalue weighted by atomic mass is 10.4. The van der Waals surface area contributed by atoms with Gasteiger partial charge in [0.25, 0.3) is 0 Å². The highest BCUT2D eigenvalue weighted by Gasteiger charge is 2.12. The van der Waals surface area contributed by atoms with Crippen LogP contribution in [0.2, 0.25) is 0 Å². The molecule has 110 valence electrons. The van der Waals surface area contributed by atoms with Gasteiger partial charge in [-0.2, -0.15) is 0 Å². The number of hydrogen-bond donors (Lipinski definition) is 1. The molecule has 1 atom stereocenters. The van der Waals surface area contributed by atoms with Crippen molar-refractivity contribution in [3.63, 3.8) is 0 Å². The van der Waals surface area contributed by atoms with Gasteiger partial charge in [0.05, 0.1) is 12.2 Å². The van der Waals surface area contributed by atoms with E-state index in [1.165, 1.54) is 0 Å². The van der Waals surface area contributed by atoms with Crippen LogP contribution < -0.4 is 5.32 Å². The summed E-state index contributed by atoms with van der Waals surface area (Å²) in [4.78, 5) is 10.9. The molecule has 1 heterocycles. The molecule has 0 spiro atoms. The molecule has 1 N–H and O–H groups in total. The summed E-state index contributed by atoms with van der Waals surface area (Å²) < 4.78 is 5.27. The largest absolute Gasteiger partial charge is 0.375 e. The summed E-state index contributed by atoms with van der Waals surface area (Å²) in [5, 5.41) is 6.24. The van der Waals surface area contributed by atoms with Crippen molar-refractivity contribution in [1.29, 1.82) is 0 Å². The van der Waals surface area contributed by atoms with E-state index >= 15 is 0 Å². The van der Waals surface area contributed by atoms with Gasteiger partial charge in [-0.25, -0.2) is 9.98 Å². The molecule has 0 radical (unpaired) electrons. The van der Waals surface area contributed by atoms with Gasteiger partial charge in [0, 0.05) is 26.1 Å². The molecule has 1 aromatic rings. The summed E-state index contributed by atoms with van der Waals surface area (Å²) >= 11 is 1.61. The summed E-state index contributed by atoms with van der Waals surface area (Å²) in [7, 11) is 3.66. The van der Waals surface area contributed by atoms with Crippen LogP contribution in [0.15, 0.2) is 10.4 Å². The molecule has 6 heteroatoms. The predicted octanol–water partition coefficient (Wildman–Crippen LogP) is 1.88. The van der Waals surface area contributed by atoms with Crippen LogP contribution in [0.3, 0.4) is 0 Å². The monoisotopic (exact) mass is 294 g/mol. The zero-order chi connectivity index (χ0) is 15.0. The molecule has 1 rings (SSSR count). The number of guanidine groups is 1. The minimum atomic E-state index is 0.0300. The maximum absolute atomic E-state index is 5.27. The zero-order valence-corrected chi connectivity index (χ0v) is 13.3. The van der Waals surface area contributed by atoms with E-state index in [2.05, 4.69) is 21.2 Å². The van der Waals surface area contributed by atoms with Gasteiger partial charge in [-0.1, -0.05) is 5.92 Å². The van der Waals surface area contributed by atoms with Crippen molar-refractivity contribution in [2.45, 2.75) is 26.5 Å². The number of aliphatic imine (C=N–C) groups is 1. The molecule has 0 aromatic carbocycles. The van der Waals surface area contributed by atoms with Crippen LogP contribution in [-0.4, -0.2) is 43.1 Å². The van der Waals surface area contributed by atoms with Crippen molar-refractivity contribution >= 4 is 17.3 Å². The second-order valence-corrected chi connectivity index (χ2v) is 5.18. The highest BCUT2D eigenvalue weighted by atomic mass is 32.1. The van der Waals surface area contributed by atoms with E-state index in [-0.39, 0.29) is 6.10 Å². The van der Waals surface area contributed by atoms with E-state index < -0.39 is 0 Å². The first kappa shape index (κ1) is 16.5. The van der Waals surface area contributed by atoms with E-state index in [0.717, 1.165) is 23.2 Å². The summed E-state index contributed by atoms with van der Waals surface area (Å²) in [5.41, 5.74) is 1.00. The Morgan fingerprint density at radius 1 is 1.70 bits per heavy atom. The molecule has 0 fully saturated rings. The van der Waals surface area contributed by atoms with Gasteiger partial charge in [-0.05, 0) is 13.8 Å². The van der Waals surface area contributed by atoms with Crippen molar-refractivity contribution in [3.8, 4) is 12.3 Å². The molecule has 0 amide bonds. The van der Waals surface area contributed by atoms with Crippen LogP contribution in [0, 0.1) is 12.3 Å². The third-order valence-electron chi connectivity index (χ3n) is 2.69. The fraction of sp³-hybridized carbons (Fsp3) is 0.571. The fourth-order valence-electron chi connectivity index (χ4n) is 1.59. The second-order valence-electron chi connectivity index (χ2n) is 4.29. The normalized spacial score (nSPS) is 12.8. The first-order valence-corrected chi connectivity index (χ1v) is 7.40. The van der Waals surface area contributed by atoms with Gasteiger partial charge < -0.3 is 15.0 Å². The van der Waals surface area contributed by atoms with Gasteiger partial charge in [-0.3, -0.25) is 0 Å². The average molecular weight is 294 g/mol. The third kappa shape index (κ3) is 4.83. The van der Waals surface area contributed by atoms with Gasteiger partial charge in [0.1, 0.15) is 17.7 Å². The number of terminal acetylenes is 1. The number of rotatable bonds is 6. The Hall–Kier alpha value is -1.58. The topological polar surface area (TPSA) is 49.8 Å². The summed E-state index contributed by atoms with van der Waals surface area (Å²) in [6.45, 7) is 5.88. The Morgan fingerprint density at radius 2 is 2.45 bits per heavy atom. The van der Waals surface area contributed by atoms with Crippen molar-refractivity contribution in [2.75, 3.05) is 27.2 Å². The van der Waals surface area contributed by atoms with E-state index in [1.54, 1.807) is 18.4 Å². The molecule has 1 unspecified atom stereocenters. The summed E-state index contributed by atoms with van der Waals surface area (Å²) in [6, 6.07) is 0. The maximum Gasteiger partial charge on any atom is 0.194 e. The molecular weight excluding hydrogens is 272 g/mol. The Labute approximate surface area is 125 Å². The second kappa shape index (κ2) is 8.56. The van der Waals surface area contributed by atoms with Gasteiger partial charge >= 0.3 is 0 Å². The molecule has 0 aliphatic carbocycles. The minimum absolute atomic E-state index is 0.0300. The SMILES string of the molecule is C#CCN=C(NCC)N(C)Cc1csc(C(C)OC)n1. The number of ether oxygens (including phenoxy) is 1. The van der Waals surface area contributed by atoms with Gasteiger partial charge in [-0.15, -0.1) is 17.8 Å². The van der Waals surface area contributed by atoms with E-state index in [1.807, 2.05) is 31.2 Å². The molecular formula is C14H22N4OS. The molecule has 0 aliphatic heterocycles. The van der Waals surface area contributed by atoms with Crippen molar-refractivity contribution < 1.29 is 4.74 Å². The van der Waals surface area contributed by atoms with Crippen molar-refractivity contribution in [3.05, 3.63) is 16.1 Å². The molecule has 0 saturated heterocycles. The Balaban J connectivity index is 2.70. The first-order valence-electron chi connectivity index (χ1n) is 6.52.